The maximum Gasteiger partial charge on any atom is 0.164 e. The first-order chi connectivity index (χ1) is 31.2. The average molecular weight is 806 g/mol. The number of benzene rings is 9. The van der Waals surface area contributed by atoms with E-state index in [0.717, 1.165) is 83.2 Å². The average Bonchev–Trinajstić information content (AvgIpc) is 4.02. The molecule has 13 rings (SSSR count). The van der Waals surface area contributed by atoms with Gasteiger partial charge in [0.2, 0.25) is 0 Å². The molecule has 0 bridgehead atoms. The maximum atomic E-state index is 7.10. The van der Waals surface area contributed by atoms with Crippen molar-refractivity contribution < 1.29 is 4.42 Å². The first-order valence-electron chi connectivity index (χ1n) is 21.2. The number of fused-ring (bicyclic) bond motifs is 9. The van der Waals surface area contributed by atoms with Crippen molar-refractivity contribution in [1.82, 2.24) is 24.1 Å². The number of hydrogen-bond acceptors (Lipinski definition) is 4. The summed E-state index contributed by atoms with van der Waals surface area (Å²) in [5.74, 6) is 1.77. The minimum Gasteiger partial charge on any atom is -0.454 e. The highest BCUT2D eigenvalue weighted by Crippen LogP contribution is 2.44. The van der Waals surface area contributed by atoms with E-state index < -0.39 is 0 Å². The van der Waals surface area contributed by atoms with Gasteiger partial charge in [-0.2, -0.15) is 0 Å². The minimum absolute atomic E-state index is 0.569. The molecule has 13 aromatic rings. The summed E-state index contributed by atoms with van der Waals surface area (Å²) < 4.78 is 11.8. The maximum absolute atomic E-state index is 7.10. The van der Waals surface area contributed by atoms with E-state index in [1.165, 1.54) is 21.5 Å². The molecule has 6 nitrogen and oxygen atoms in total. The van der Waals surface area contributed by atoms with Gasteiger partial charge in [0, 0.05) is 54.7 Å². The van der Waals surface area contributed by atoms with Gasteiger partial charge in [-0.15, -0.1) is 0 Å². The Labute approximate surface area is 361 Å². The molecule has 0 amide bonds. The van der Waals surface area contributed by atoms with Gasteiger partial charge in [0.15, 0.2) is 23.1 Å². The van der Waals surface area contributed by atoms with Gasteiger partial charge in [-0.05, 0) is 53.6 Å². The highest BCUT2D eigenvalue weighted by Gasteiger charge is 2.24. The van der Waals surface area contributed by atoms with Crippen LogP contribution < -0.4 is 0 Å². The zero-order valence-electron chi connectivity index (χ0n) is 33.9. The van der Waals surface area contributed by atoms with E-state index in [1.807, 2.05) is 42.5 Å². The Kier molecular flexibility index (Phi) is 7.80. The number of rotatable bonds is 6. The van der Waals surface area contributed by atoms with Crippen molar-refractivity contribution in [2.45, 2.75) is 0 Å². The van der Waals surface area contributed by atoms with Gasteiger partial charge in [0.05, 0.1) is 27.8 Å². The Hall–Kier alpha value is -8.61. The summed E-state index contributed by atoms with van der Waals surface area (Å²) in [5.41, 5.74) is 12.9. The lowest BCUT2D eigenvalue weighted by Gasteiger charge is -2.14. The van der Waals surface area contributed by atoms with Crippen molar-refractivity contribution in [3.8, 4) is 56.7 Å². The van der Waals surface area contributed by atoms with E-state index in [4.69, 9.17) is 19.4 Å². The molecule has 9 aromatic carbocycles. The third-order valence-corrected chi connectivity index (χ3v) is 12.4. The molecule has 0 aliphatic rings. The summed E-state index contributed by atoms with van der Waals surface area (Å²) in [4.78, 5) is 15.6. The summed E-state index contributed by atoms with van der Waals surface area (Å²) in [7, 11) is 0. The lowest BCUT2D eigenvalue weighted by Crippen LogP contribution is -2.01. The topological polar surface area (TPSA) is 61.7 Å². The third kappa shape index (κ3) is 5.55. The number of nitrogens with zero attached hydrogens (tertiary/aromatic N) is 5. The lowest BCUT2D eigenvalue weighted by atomic mass is 10.0. The molecule has 4 aromatic heterocycles. The van der Waals surface area contributed by atoms with Gasteiger partial charge in [-0.3, -0.25) is 0 Å². The number of hydrogen-bond donors (Lipinski definition) is 0. The molecule has 0 spiro atoms. The molecule has 294 valence electrons. The third-order valence-electron chi connectivity index (χ3n) is 12.4. The molecule has 0 N–H and O–H groups in total. The van der Waals surface area contributed by atoms with Crippen LogP contribution in [0.25, 0.3) is 122 Å². The van der Waals surface area contributed by atoms with E-state index in [9.17, 15) is 0 Å². The number of para-hydroxylation sites is 4. The van der Waals surface area contributed by atoms with Crippen molar-refractivity contribution in [1.29, 1.82) is 0 Å². The predicted octanol–water partition coefficient (Wildman–Crippen LogP) is 14.6. The second-order valence-electron chi connectivity index (χ2n) is 16.0. The fourth-order valence-electron chi connectivity index (χ4n) is 9.54. The van der Waals surface area contributed by atoms with Crippen LogP contribution in [0.2, 0.25) is 0 Å². The van der Waals surface area contributed by atoms with Crippen LogP contribution in [-0.2, 0) is 0 Å². The highest BCUT2D eigenvalue weighted by atomic mass is 16.3. The van der Waals surface area contributed by atoms with Crippen LogP contribution in [0.5, 0.6) is 0 Å². The van der Waals surface area contributed by atoms with Crippen molar-refractivity contribution in [2.24, 2.45) is 0 Å². The van der Waals surface area contributed by atoms with Crippen LogP contribution in [0, 0.1) is 0 Å². The zero-order valence-corrected chi connectivity index (χ0v) is 33.9. The normalized spacial score (nSPS) is 11.8. The summed E-state index contributed by atoms with van der Waals surface area (Å²) >= 11 is 0. The van der Waals surface area contributed by atoms with Gasteiger partial charge in [0.1, 0.15) is 5.58 Å². The molecule has 0 aliphatic carbocycles. The van der Waals surface area contributed by atoms with E-state index in [0.29, 0.717) is 17.5 Å². The van der Waals surface area contributed by atoms with Crippen molar-refractivity contribution in [3.05, 3.63) is 212 Å². The second-order valence-corrected chi connectivity index (χ2v) is 16.0. The van der Waals surface area contributed by atoms with Crippen LogP contribution in [0.15, 0.2) is 217 Å². The SMILES string of the molecule is c1ccc(-c2ccc(-c3nc(-c4ccccc4)nc(-c4cccc5oc6c(-n7c8ccccc8c8ccccc87)cc(-n7c8ccccc8c8ccccc87)cc6c45)n3)cc2)cc1. The number of aromatic nitrogens is 5. The van der Waals surface area contributed by atoms with Crippen molar-refractivity contribution in [3.63, 3.8) is 0 Å². The molecule has 0 saturated carbocycles. The largest absolute Gasteiger partial charge is 0.454 e. The van der Waals surface area contributed by atoms with Crippen LogP contribution in [-0.4, -0.2) is 24.1 Å². The van der Waals surface area contributed by atoms with E-state index in [1.54, 1.807) is 0 Å². The summed E-state index contributed by atoms with van der Waals surface area (Å²) in [5, 5.41) is 6.67. The molecular weight excluding hydrogens is 771 g/mol. The lowest BCUT2D eigenvalue weighted by molar-refractivity contribution is 0.666. The van der Waals surface area contributed by atoms with Crippen molar-refractivity contribution >= 4 is 65.6 Å². The molecule has 0 fully saturated rings. The highest BCUT2D eigenvalue weighted by molar-refractivity contribution is 6.17. The monoisotopic (exact) mass is 805 g/mol. The second kappa shape index (κ2) is 14.0. The first kappa shape index (κ1) is 35.2. The predicted molar refractivity (Wildman–Crippen MR) is 258 cm³/mol. The molecule has 0 aliphatic heterocycles. The Bertz CT molecular complexity index is 3790. The Morgan fingerprint density at radius 3 is 1.35 bits per heavy atom. The zero-order chi connectivity index (χ0) is 41.4. The standard InChI is InChI=1S/C57H35N5O/c1-3-16-36(17-4-1)37-30-32-39(33-31-37)56-58-55(38-18-5-2-6-19-38)59-57(60-56)45-24-15-29-52-53(45)46-34-40(61-47-25-11-7-20-41(47)42-21-8-12-26-48(42)61)35-51(54(46)63-52)62-49-27-13-9-22-43(49)44-23-10-14-28-50(44)62/h1-35H. The van der Waals surface area contributed by atoms with Gasteiger partial charge >= 0.3 is 0 Å². The fourth-order valence-corrected chi connectivity index (χ4v) is 9.54. The van der Waals surface area contributed by atoms with Crippen LogP contribution in [0.1, 0.15) is 0 Å². The summed E-state index contributed by atoms with van der Waals surface area (Å²) in [6, 6.07) is 74.3. The van der Waals surface area contributed by atoms with E-state index in [-0.39, 0.29) is 0 Å². The Morgan fingerprint density at radius 1 is 0.333 bits per heavy atom. The molecule has 63 heavy (non-hydrogen) atoms. The molecule has 6 heteroatoms. The molecule has 0 unspecified atom stereocenters. The fraction of sp³-hybridized carbons (Fsp3) is 0. The Morgan fingerprint density at radius 2 is 0.778 bits per heavy atom. The van der Waals surface area contributed by atoms with Gasteiger partial charge in [-0.25, -0.2) is 15.0 Å². The summed E-state index contributed by atoms with van der Waals surface area (Å²) in [6.07, 6.45) is 0. The van der Waals surface area contributed by atoms with E-state index in [2.05, 4.69) is 179 Å². The summed E-state index contributed by atoms with van der Waals surface area (Å²) in [6.45, 7) is 0. The van der Waals surface area contributed by atoms with Crippen LogP contribution in [0.3, 0.4) is 0 Å². The number of furan rings is 1. The van der Waals surface area contributed by atoms with Crippen LogP contribution in [0.4, 0.5) is 0 Å². The smallest absolute Gasteiger partial charge is 0.164 e. The van der Waals surface area contributed by atoms with Gasteiger partial charge < -0.3 is 13.6 Å². The van der Waals surface area contributed by atoms with Gasteiger partial charge in [0.25, 0.3) is 0 Å². The van der Waals surface area contributed by atoms with E-state index >= 15 is 0 Å². The van der Waals surface area contributed by atoms with Gasteiger partial charge in [-0.1, -0.05) is 170 Å². The minimum atomic E-state index is 0.569. The van der Waals surface area contributed by atoms with Crippen molar-refractivity contribution in [2.75, 3.05) is 0 Å². The van der Waals surface area contributed by atoms with Crippen LogP contribution >= 0.6 is 0 Å². The molecular formula is C57H35N5O. The molecule has 4 heterocycles. The Balaban J connectivity index is 1.11. The molecule has 0 saturated heterocycles. The molecule has 0 radical (unpaired) electrons. The quantitative estimate of drug-likeness (QED) is 0.168. The first-order valence-corrected chi connectivity index (χ1v) is 21.2. The molecule has 0 atom stereocenters.